The van der Waals surface area contributed by atoms with E-state index in [1.54, 1.807) is 24.3 Å². The van der Waals surface area contributed by atoms with Crippen LogP contribution in [0.5, 0.6) is 5.75 Å². The summed E-state index contributed by atoms with van der Waals surface area (Å²) in [7, 11) is 1.30. The fourth-order valence-corrected chi connectivity index (χ4v) is 2.50. The number of carbonyl (C=O) groups is 2. The van der Waals surface area contributed by atoms with E-state index in [-0.39, 0.29) is 12.5 Å². The molecule has 0 radical (unpaired) electrons. The quantitative estimate of drug-likeness (QED) is 0.752. The Kier molecular flexibility index (Phi) is 7.14. The van der Waals surface area contributed by atoms with Gasteiger partial charge in [-0.1, -0.05) is 11.6 Å². The first-order valence-electron chi connectivity index (χ1n) is 8.20. The van der Waals surface area contributed by atoms with Gasteiger partial charge in [0.2, 0.25) is 0 Å². The highest BCUT2D eigenvalue weighted by molar-refractivity contribution is 5.84. The second kappa shape index (κ2) is 9.60. The molecule has 24 heavy (non-hydrogen) atoms. The molecule has 0 heterocycles. The number of rotatable bonds is 7. The molecule has 0 unspecified atom stereocenters. The lowest BCUT2D eigenvalue weighted by atomic mass is 9.97. The summed E-state index contributed by atoms with van der Waals surface area (Å²) in [6.07, 6.45) is 7.51. The maximum Gasteiger partial charge on any atom is 0.411 e. The highest BCUT2D eigenvalue weighted by Gasteiger charge is 2.06. The number of methoxy groups -OCH3 is 1. The molecular weight excluding hydrogens is 308 g/mol. The molecule has 6 nitrogen and oxygen atoms in total. The number of anilines is 1. The van der Waals surface area contributed by atoms with Gasteiger partial charge in [-0.3, -0.25) is 10.1 Å². The molecule has 130 valence electrons. The zero-order valence-corrected chi connectivity index (χ0v) is 14.0. The molecule has 0 saturated heterocycles. The first kappa shape index (κ1) is 17.8. The van der Waals surface area contributed by atoms with E-state index in [4.69, 9.17) is 4.74 Å². The molecule has 2 rings (SSSR count). The highest BCUT2D eigenvalue weighted by atomic mass is 16.5. The molecule has 0 fully saturated rings. The van der Waals surface area contributed by atoms with Crippen molar-refractivity contribution in [2.24, 2.45) is 0 Å². The van der Waals surface area contributed by atoms with Crippen LogP contribution in [0.15, 0.2) is 35.9 Å². The minimum Gasteiger partial charge on any atom is -0.484 e. The first-order valence-corrected chi connectivity index (χ1v) is 8.20. The smallest absolute Gasteiger partial charge is 0.411 e. The summed E-state index contributed by atoms with van der Waals surface area (Å²) in [4.78, 5) is 22.9. The lowest BCUT2D eigenvalue weighted by Gasteiger charge is -2.13. The van der Waals surface area contributed by atoms with Gasteiger partial charge in [0.05, 0.1) is 7.11 Å². The van der Waals surface area contributed by atoms with Crippen molar-refractivity contribution in [3.63, 3.8) is 0 Å². The summed E-state index contributed by atoms with van der Waals surface area (Å²) in [5.41, 5.74) is 2.04. The summed E-state index contributed by atoms with van der Waals surface area (Å²) < 4.78 is 9.93. The molecule has 0 aromatic heterocycles. The Hall–Kier alpha value is -2.50. The van der Waals surface area contributed by atoms with Gasteiger partial charge in [-0.2, -0.15) is 0 Å². The van der Waals surface area contributed by atoms with Crippen molar-refractivity contribution in [1.82, 2.24) is 5.32 Å². The van der Waals surface area contributed by atoms with Crippen molar-refractivity contribution < 1.29 is 19.1 Å². The molecule has 2 amide bonds. The highest BCUT2D eigenvalue weighted by Crippen LogP contribution is 2.19. The lowest BCUT2D eigenvalue weighted by molar-refractivity contribution is -0.123. The number of carbonyl (C=O) groups excluding carboxylic acids is 2. The van der Waals surface area contributed by atoms with Crippen molar-refractivity contribution in [3.8, 4) is 5.75 Å². The normalized spacial score (nSPS) is 13.6. The monoisotopic (exact) mass is 332 g/mol. The van der Waals surface area contributed by atoms with Gasteiger partial charge in [-0.25, -0.2) is 4.79 Å². The minimum absolute atomic E-state index is 0.0250. The van der Waals surface area contributed by atoms with Gasteiger partial charge in [-0.15, -0.1) is 0 Å². The van der Waals surface area contributed by atoms with Crippen LogP contribution in [-0.2, 0) is 9.53 Å². The number of nitrogens with one attached hydrogen (secondary N) is 2. The van der Waals surface area contributed by atoms with Gasteiger partial charge in [0.25, 0.3) is 5.91 Å². The van der Waals surface area contributed by atoms with Gasteiger partial charge >= 0.3 is 6.09 Å². The third-order valence-electron chi connectivity index (χ3n) is 3.81. The van der Waals surface area contributed by atoms with Crippen LogP contribution in [0.1, 0.15) is 32.1 Å². The fraction of sp³-hybridized carbons (Fsp3) is 0.444. The topological polar surface area (TPSA) is 76.7 Å². The summed E-state index contributed by atoms with van der Waals surface area (Å²) in [6.45, 7) is 0.624. The van der Waals surface area contributed by atoms with E-state index >= 15 is 0 Å². The minimum atomic E-state index is -0.531. The first-order chi connectivity index (χ1) is 11.7. The van der Waals surface area contributed by atoms with Gasteiger partial charge in [0.1, 0.15) is 5.75 Å². The van der Waals surface area contributed by atoms with Crippen LogP contribution in [0, 0.1) is 0 Å². The predicted octanol–water partition coefficient (Wildman–Crippen LogP) is 3.25. The Morgan fingerprint density at radius 2 is 1.96 bits per heavy atom. The zero-order valence-electron chi connectivity index (χ0n) is 14.0. The maximum absolute atomic E-state index is 11.8. The van der Waals surface area contributed by atoms with Crippen LogP contribution >= 0.6 is 0 Å². The number of hydrogen-bond acceptors (Lipinski definition) is 4. The molecule has 0 aliphatic heterocycles. The second-order valence-corrected chi connectivity index (χ2v) is 5.64. The molecule has 0 spiro atoms. The molecule has 1 aliphatic rings. The molecule has 0 bridgehead atoms. The molecule has 1 aromatic carbocycles. The van der Waals surface area contributed by atoms with Crippen LogP contribution in [0.4, 0.5) is 10.5 Å². The Labute approximate surface area is 142 Å². The number of amides is 2. The summed E-state index contributed by atoms with van der Waals surface area (Å²) in [5, 5.41) is 5.41. The van der Waals surface area contributed by atoms with Gasteiger partial charge in [0, 0.05) is 12.2 Å². The average Bonchev–Trinajstić information content (AvgIpc) is 2.62. The fourth-order valence-electron chi connectivity index (χ4n) is 2.50. The van der Waals surface area contributed by atoms with Crippen LogP contribution in [0.25, 0.3) is 0 Å². The second-order valence-electron chi connectivity index (χ2n) is 5.64. The number of benzene rings is 1. The molecular formula is C18H24N2O4. The molecule has 6 heteroatoms. The standard InChI is InChI=1S/C18H24N2O4/c1-23-18(22)20-15-7-9-16(10-8-15)24-13-17(21)19-12-11-14-5-3-2-4-6-14/h5,7-10H,2-4,6,11-13H2,1H3,(H,19,21)(H,20,22). The van der Waals surface area contributed by atoms with Gasteiger partial charge in [-0.05, 0) is 56.4 Å². The molecule has 0 saturated carbocycles. The molecule has 2 N–H and O–H groups in total. The number of hydrogen-bond donors (Lipinski definition) is 2. The summed E-state index contributed by atoms with van der Waals surface area (Å²) >= 11 is 0. The van der Waals surface area contributed by atoms with Crippen LogP contribution in [-0.4, -0.2) is 32.3 Å². The third-order valence-corrected chi connectivity index (χ3v) is 3.81. The van der Waals surface area contributed by atoms with Crippen molar-refractivity contribution in [3.05, 3.63) is 35.9 Å². The van der Waals surface area contributed by atoms with Crippen molar-refractivity contribution in [2.45, 2.75) is 32.1 Å². The van der Waals surface area contributed by atoms with E-state index in [2.05, 4.69) is 21.4 Å². The Morgan fingerprint density at radius 3 is 2.62 bits per heavy atom. The summed E-state index contributed by atoms with van der Waals surface area (Å²) in [6, 6.07) is 6.73. The Morgan fingerprint density at radius 1 is 1.17 bits per heavy atom. The number of allylic oxidation sites excluding steroid dienone is 1. The van der Waals surface area contributed by atoms with E-state index < -0.39 is 6.09 Å². The third kappa shape index (κ3) is 6.32. The largest absolute Gasteiger partial charge is 0.484 e. The zero-order chi connectivity index (χ0) is 17.2. The van der Waals surface area contributed by atoms with E-state index in [1.807, 2.05) is 0 Å². The van der Waals surface area contributed by atoms with Crippen LogP contribution < -0.4 is 15.4 Å². The maximum atomic E-state index is 11.8. The number of ether oxygens (including phenoxy) is 2. The molecule has 1 aliphatic carbocycles. The Bertz CT molecular complexity index is 581. The van der Waals surface area contributed by atoms with Crippen LogP contribution in [0.3, 0.4) is 0 Å². The van der Waals surface area contributed by atoms with E-state index in [1.165, 1.54) is 25.5 Å². The SMILES string of the molecule is COC(=O)Nc1ccc(OCC(=O)NCCC2=CCCCC2)cc1. The van der Waals surface area contributed by atoms with E-state index in [0.29, 0.717) is 18.0 Å². The lowest BCUT2D eigenvalue weighted by Crippen LogP contribution is -2.30. The van der Waals surface area contributed by atoms with E-state index in [0.717, 1.165) is 19.3 Å². The van der Waals surface area contributed by atoms with E-state index in [9.17, 15) is 9.59 Å². The molecule has 0 atom stereocenters. The van der Waals surface area contributed by atoms with Crippen LogP contribution in [0.2, 0.25) is 0 Å². The van der Waals surface area contributed by atoms with Crippen molar-refractivity contribution in [1.29, 1.82) is 0 Å². The Balaban J connectivity index is 1.65. The van der Waals surface area contributed by atoms with Crippen molar-refractivity contribution >= 4 is 17.7 Å². The molecule has 1 aromatic rings. The van der Waals surface area contributed by atoms with Gasteiger partial charge < -0.3 is 14.8 Å². The van der Waals surface area contributed by atoms with Crippen molar-refractivity contribution in [2.75, 3.05) is 25.6 Å². The predicted molar refractivity (Wildman–Crippen MR) is 92.1 cm³/mol. The summed E-state index contributed by atoms with van der Waals surface area (Å²) in [5.74, 6) is 0.429. The average molecular weight is 332 g/mol. The van der Waals surface area contributed by atoms with Gasteiger partial charge in [0.15, 0.2) is 6.61 Å².